The van der Waals surface area contributed by atoms with Crippen molar-refractivity contribution < 1.29 is 13.2 Å². The monoisotopic (exact) mass is 408 g/mol. The SMILES string of the molecule is CN(C)S(=O)(=O)NCCC[C@H]1COCc2nc3c(N)nc4c(c3n21)CCCC4. The molecule has 0 saturated carbocycles. The minimum atomic E-state index is -3.40. The van der Waals surface area contributed by atoms with Crippen molar-refractivity contribution in [3.8, 4) is 0 Å². The van der Waals surface area contributed by atoms with Crippen LogP contribution in [0.15, 0.2) is 0 Å². The number of anilines is 1. The zero-order chi connectivity index (χ0) is 19.9. The number of nitrogens with zero attached hydrogens (tertiary/aromatic N) is 4. The first-order chi connectivity index (χ1) is 13.4. The zero-order valence-corrected chi connectivity index (χ0v) is 17.3. The molecule has 154 valence electrons. The molecule has 0 bridgehead atoms. The highest BCUT2D eigenvalue weighted by Crippen LogP contribution is 2.36. The van der Waals surface area contributed by atoms with Crippen LogP contribution in [0.2, 0.25) is 0 Å². The highest BCUT2D eigenvalue weighted by Gasteiger charge is 2.29. The zero-order valence-electron chi connectivity index (χ0n) is 16.4. The van der Waals surface area contributed by atoms with E-state index in [0.29, 0.717) is 32.0 Å². The molecule has 4 rings (SSSR count). The van der Waals surface area contributed by atoms with E-state index in [0.717, 1.165) is 54.7 Å². The van der Waals surface area contributed by atoms with E-state index in [4.69, 9.17) is 15.5 Å². The van der Waals surface area contributed by atoms with E-state index in [1.165, 1.54) is 24.0 Å². The highest BCUT2D eigenvalue weighted by molar-refractivity contribution is 7.87. The van der Waals surface area contributed by atoms with Crippen molar-refractivity contribution in [2.45, 2.75) is 51.2 Å². The topological polar surface area (TPSA) is 115 Å². The maximum absolute atomic E-state index is 11.9. The number of nitrogens with one attached hydrogen (secondary N) is 1. The van der Waals surface area contributed by atoms with Crippen LogP contribution in [0.3, 0.4) is 0 Å². The Morgan fingerprint density at radius 2 is 2.07 bits per heavy atom. The smallest absolute Gasteiger partial charge is 0.278 e. The lowest BCUT2D eigenvalue weighted by Gasteiger charge is -2.28. The van der Waals surface area contributed by atoms with E-state index < -0.39 is 10.2 Å². The Balaban J connectivity index is 1.60. The molecule has 0 fully saturated rings. The third kappa shape index (κ3) is 3.49. The van der Waals surface area contributed by atoms with Crippen LogP contribution in [-0.4, -0.2) is 54.5 Å². The molecule has 0 unspecified atom stereocenters. The van der Waals surface area contributed by atoms with Gasteiger partial charge in [0.2, 0.25) is 0 Å². The van der Waals surface area contributed by atoms with Gasteiger partial charge < -0.3 is 15.0 Å². The summed E-state index contributed by atoms with van der Waals surface area (Å²) in [4.78, 5) is 9.34. The van der Waals surface area contributed by atoms with E-state index in [-0.39, 0.29) is 6.04 Å². The summed E-state index contributed by atoms with van der Waals surface area (Å²) in [5, 5.41) is 0. The lowest BCUT2D eigenvalue weighted by atomic mass is 9.94. The van der Waals surface area contributed by atoms with E-state index in [1.54, 1.807) is 0 Å². The number of rotatable bonds is 6. The van der Waals surface area contributed by atoms with Crippen LogP contribution >= 0.6 is 0 Å². The molecule has 2 aliphatic rings. The lowest BCUT2D eigenvalue weighted by molar-refractivity contribution is 0.0533. The average molecular weight is 409 g/mol. The fourth-order valence-electron chi connectivity index (χ4n) is 4.15. The third-order valence-electron chi connectivity index (χ3n) is 5.59. The van der Waals surface area contributed by atoms with Crippen molar-refractivity contribution in [3.63, 3.8) is 0 Å². The van der Waals surface area contributed by atoms with Gasteiger partial charge in [0.15, 0.2) is 5.82 Å². The first-order valence-electron chi connectivity index (χ1n) is 9.81. The molecule has 3 N–H and O–H groups in total. The second-order valence-electron chi connectivity index (χ2n) is 7.72. The third-order valence-corrected chi connectivity index (χ3v) is 7.12. The molecule has 0 saturated heterocycles. The molecule has 2 aromatic rings. The Labute approximate surface area is 165 Å². The largest absolute Gasteiger partial charge is 0.382 e. The number of aryl methyl sites for hydroxylation is 2. The van der Waals surface area contributed by atoms with E-state index in [9.17, 15) is 8.42 Å². The first-order valence-corrected chi connectivity index (χ1v) is 11.3. The number of fused-ring (bicyclic) bond motifs is 5. The molecule has 1 atom stereocenters. The normalized spacial score (nSPS) is 19.8. The molecule has 1 aliphatic carbocycles. The van der Waals surface area contributed by atoms with Crippen molar-refractivity contribution in [3.05, 3.63) is 17.1 Å². The van der Waals surface area contributed by atoms with Crippen molar-refractivity contribution >= 4 is 27.1 Å². The first kappa shape index (κ1) is 19.6. The maximum atomic E-state index is 11.9. The van der Waals surface area contributed by atoms with E-state index >= 15 is 0 Å². The molecule has 0 spiro atoms. The van der Waals surface area contributed by atoms with Crippen molar-refractivity contribution in [2.75, 3.05) is 33.0 Å². The summed E-state index contributed by atoms with van der Waals surface area (Å²) in [5.41, 5.74) is 10.5. The van der Waals surface area contributed by atoms with Crippen LogP contribution in [0.4, 0.5) is 5.82 Å². The highest BCUT2D eigenvalue weighted by atomic mass is 32.2. The van der Waals surface area contributed by atoms with E-state index in [1.807, 2.05) is 0 Å². The van der Waals surface area contributed by atoms with E-state index in [2.05, 4.69) is 14.3 Å². The quantitative estimate of drug-likeness (QED) is 0.693. The van der Waals surface area contributed by atoms with Crippen molar-refractivity contribution in [1.82, 2.24) is 23.6 Å². The Hall–Kier alpha value is -1.75. The van der Waals surface area contributed by atoms with Crippen LogP contribution in [0.1, 0.15) is 48.8 Å². The number of hydrogen-bond donors (Lipinski definition) is 2. The number of hydrogen-bond acceptors (Lipinski definition) is 6. The number of ether oxygens (including phenoxy) is 1. The van der Waals surface area contributed by atoms with Gasteiger partial charge in [-0.25, -0.2) is 14.7 Å². The standard InChI is InChI=1S/C18H28N6O3S/c1-23(2)28(25,26)20-9-5-6-12-10-27-11-15-22-16-17(24(12)15)13-7-3-4-8-14(13)21-18(16)19/h12,20H,3-11H2,1-2H3,(H2,19,21)/t12-/m0/s1. The van der Waals surface area contributed by atoms with Gasteiger partial charge in [0.25, 0.3) is 10.2 Å². The lowest BCUT2D eigenvalue weighted by Crippen LogP contribution is -2.36. The summed E-state index contributed by atoms with van der Waals surface area (Å²) in [6.45, 7) is 1.45. The number of nitrogen functional groups attached to an aromatic ring is 1. The summed E-state index contributed by atoms with van der Waals surface area (Å²) < 4.78 is 35.6. The van der Waals surface area contributed by atoms with Gasteiger partial charge in [0.05, 0.1) is 18.2 Å². The predicted molar refractivity (Wildman–Crippen MR) is 107 cm³/mol. The minimum absolute atomic E-state index is 0.116. The molecule has 28 heavy (non-hydrogen) atoms. The number of pyridine rings is 1. The van der Waals surface area contributed by atoms with Gasteiger partial charge >= 0.3 is 0 Å². The van der Waals surface area contributed by atoms with Gasteiger partial charge in [-0.1, -0.05) is 0 Å². The minimum Gasteiger partial charge on any atom is -0.382 e. The van der Waals surface area contributed by atoms with Gasteiger partial charge in [-0.2, -0.15) is 12.7 Å². The summed E-state index contributed by atoms with van der Waals surface area (Å²) in [6, 6.07) is 0.116. The average Bonchev–Trinajstić information content (AvgIpc) is 3.06. The fourth-order valence-corrected chi connectivity index (χ4v) is 4.81. The maximum Gasteiger partial charge on any atom is 0.278 e. The van der Waals surface area contributed by atoms with Crippen LogP contribution in [0.5, 0.6) is 0 Å². The molecule has 9 nitrogen and oxygen atoms in total. The second-order valence-corrected chi connectivity index (χ2v) is 9.69. The molecule has 1 aliphatic heterocycles. The van der Waals surface area contributed by atoms with Crippen molar-refractivity contribution in [2.24, 2.45) is 0 Å². The summed E-state index contributed by atoms with van der Waals surface area (Å²) in [5.74, 6) is 1.38. The van der Waals surface area contributed by atoms with Crippen LogP contribution in [-0.2, 0) is 34.4 Å². The van der Waals surface area contributed by atoms with Crippen molar-refractivity contribution in [1.29, 1.82) is 0 Å². The van der Waals surface area contributed by atoms with Gasteiger partial charge in [-0.3, -0.25) is 0 Å². The Morgan fingerprint density at radius 3 is 2.86 bits per heavy atom. The molecule has 0 aromatic carbocycles. The number of imidazole rings is 1. The summed E-state index contributed by atoms with van der Waals surface area (Å²) in [6.07, 6.45) is 5.77. The molecule has 2 aromatic heterocycles. The van der Waals surface area contributed by atoms with Crippen LogP contribution in [0, 0.1) is 0 Å². The molecular formula is C18H28N6O3S. The second kappa shape index (κ2) is 7.58. The summed E-state index contributed by atoms with van der Waals surface area (Å²) >= 11 is 0. The predicted octanol–water partition coefficient (Wildman–Crippen LogP) is 1.14. The summed E-state index contributed by atoms with van der Waals surface area (Å²) in [7, 11) is -0.362. The number of nitrogens with two attached hydrogens (primary N) is 1. The fraction of sp³-hybridized carbons (Fsp3) is 0.667. The molecule has 3 heterocycles. The molecule has 0 amide bonds. The molecular weight excluding hydrogens is 380 g/mol. The van der Waals surface area contributed by atoms with Gasteiger partial charge in [0, 0.05) is 26.3 Å². The van der Waals surface area contributed by atoms with Crippen LogP contribution in [0.25, 0.3) is 11.0 Å². The Morgan fingerprint density at radius 1 is 1.29 bits per heavy atom. The van der Waals surface area contributed by atoms with Gasteiger partial charge in [-0.05, 0) is 44.1 Å². The van der Waals surface area contributed by atoms with Crippen LogP contribution < -0.4 is 10.5 Å². The number of aromatic nitrogens is 3. The Kier molecular flexibility index (Phi) is 5.30. The Bertz CT molecular complexity index is 985. The molecule has 10 heteroatoms. The molecule has 0 radical (unpaired) electrons. The van der Waals surface area contributed by atoms with Gasteiger partial charge in [-0.15, -0.1) is 0 Å². The van der Waals surface area contributed by atoms with Gasteiger partial charge in [0.1, 0.15) is 17.9 Å².